The van der Waals surface area contributed by atoms with E-state index in [0.29, 0.717) is 0 Å². The Morgan fingerprint density at radius 1 is 0.254 bits per heavy atom. The Morgan fingerprint density at radius 2 is 0.746 bits per heavy atom. The molecule has 2 aliphatic carbocycles. The van der Waals surface area contributed by atoms with Crippen LogP contribution < -0.4 is 9.80 Å². The first-order valence-electron chi connectivity index (χ1n) is 23.2. The molecular formula is C65H44N2. The fourth-order valence-corrected chi connectivity index (χ4v) is 11.3. The standard InChI is InChI=1S/C65H44N2/c1-4-21-46(22-5-1)54-32-14-17-39-62(54)67(49-28-8-3-9-29-49)63-40-20-38-60-64(63)57-34-13-16-37-59(57)65(60)58-36-15-12-33-55(58)56-42-41-51(44-61(56)65)66(48-26-6-2-7-27-48)50-30-18-25-47(43-50)53-35-19-24-45-23-10-11-31-52(45)53/h1-44H. The Balaban J connectivity index is 1.05. The van der Waals surface area contributed by atoms with Crippen LogP contribution in [0.1, 0.15) is 22.3 Å². The van der Waals surface area contributed by atoms with Crippen LogP contribution in [0.2, 0.25) is 0 Å². The van der Waals surface area contributed by atoms with E-state index >= 15 is 0 Å². The monoisotopic (exact) mass is 852 g/mol. The van der Waals surface area contributed by atoms with E-state index in [1.54, 1.807) is 0 Å². The molecule has 0 aliphatic heterocycles. The van der Waals surface area contributed by atoms with Gasteiger partial charge < -0.3 is 9.80 Å². The van der Waals surface area contributed by atoms with Gasteiger partial charge >= 0.3 is 0 Å². The first-order valence-corrected chi connectivity index (χ1v) is 23.2. The van der Waals surface area contributed by atoms with E-state index < -0.39 is 5.41 Å². The molecule has 0 saturated carbocycles. The predicted octanol–water partition coefficient (Wildman–Crippen LogP) is 17.5. The summed E-state index contributed by atoms with van der Waals surface area (Å²) in [5.74, 6) is 0. The van der Waals surface area contributed by atoms with Crippen molar-refractivity contribution in [3.8, 4) is 44.5 Å². The second-order valence-corrected chi connectivity index (χ2v) is 17.6. The molecule has 0 N–H and O–H groups in total. The van der Waals surface area contributed by atoms with Gasteiger partial charge in [0.05, 0.1) is 16.8 Å². The van der Waals surface area contributed by atoms with Crippen LogP contribution in [0.15, 0.2) is 267 Å². The smallest absolute Gasteiger partial charge is 0.0727 e. The summed E-state index contributed by atoms with van der Waals surface area (Å²) in [5, 5.41) is 2.49. The van der Waals surface area contributed by atoms with Gasteiger partial charge in [-0.05, 0) is 127 Å². The first kappa shape index (κ1) is 38.7. The van der Waals surface area contributed by atoms with Crippen LogP contribution in [-0.2, 0) is 5.41 Å². The number of fused-ring (bicyclic) bond motifs is 11. The van der Waals surface area contributed by atoms with Gasteiger partial charge in [0.25, 0.3) is 0 Å². The molecule has 2 heteroatoms. The Kier molecular flexibility index (Phi) is 9.11. The lowest BCUT2D eigenvalue weighted by Crippen LogP contribution is -2.26. The van der Waals surface area contributed by atoms with Gasteiger partial charge in [-0.1, -0.05) is 206 Å². The SMILES string of the molecule is c1ccc(-c2ccccc2N(c2ccccc2)c2cccc3c2-c2ccccc2C32c3ccccc3-c3ccc(N(c4ccccc4)c4cccc(-c5cccc6ccccc56)c4)cc32)cc1. The van der Waals surface area contributed by atoms with Gasteiger partial charge in [-0.15, -0.1) is 0 Å². The highest BCUT2D eigenvalue weighted by Crippen LogP contribution is 2.65. The molecule has 0 radical (unpaired) electrons. The summed E-state index contributed by atoms with van der Waals surface area (Å²) in [6, 6.07) is 98.1. The molecule has 0 fully saturated rings. The normalized spacial score (nSPS) is 14.0. The Bertz CT molecular complexity index is 3650. The number of para-hydroxylation sites is 3. The maximum absolute atomic E-state index is 2.49. The zero-order valence-electron chi connectivity index (χ0n) is 36.8. The van der Waals surface area contributed by atoms with E-state index in [1.807, 2.05) is 0 Å². The van der Waals surface area contributed by atoms with Crippen LogP contribution in [0.3, 0.4) is 0 Å². The zero-order valence-corrected chi connectivity index (χ0v) is 36.8. The highest BCUT2D eigenvalue weighted by atomic mass is 15.2. The van der Waals surface area contributed by atoms with Crippen LogP contribution in [0.4, 0.5) is 34.1 Å². The van der Waals surface area contributed by atoms with E-state index in [0.717, 1.165) is 34.1 Å². The van der Waals surface area contributed by atoms with Gasteiger partial charge in [-0.25, -0.2) is 0 Å². The van der Waals surface area contributed by atoms with Crippen LogP contribution in [0.25, 0.3) is 55.3 Å². The quantitative estimate of drug-likeness (QED) is 0.150. The van der Waals surface area contributed by atoms with E-state index in [1.165, 1.54) is 77.5 Å². The molecule has 1 atom stereocenters. The summed E-state index contributed by atoms with van der Waals surface area (Å²) >= 11 is 0. The van der Waals surface area contributed by atoms with Crippen molar-refractivity contribution in [1.82, 2.24) is 0 Å². The van der Waals surface area contributed by atoms with Gasteiger partial charge in [-0.2, -0.15) is 0 Å². The fourth-order valence-electron chi connectivity index (χ4n) is 11.3. The van der Waals surface area contributed by atoms with Gasteiger partial charge in [-0.3, -0.25) is 0 Å². The van der Waals surface area contributed by atoms with Crippen LogP contribution >= 0.6 is 0 Å². The minimum absolute atomic E-state index is 0.585. The molecule has 11 aromatic carbocycles. The number of benzene rings is 11. The maximum Gasteiger partial charge on any atom is 0.0727 e. The molecule has 0 bridgehead atoms. The molecule has 314 valence electrons. The minimum atomic E-state index is -0.585. The van der Waals surface area contributed by atoms with Gasteiger partial charge in [0, 0.05) is 33.9 Å². The maximum atomic E-state index is 2.49. The number of hydrogen-bond donors (Lipinski definition) is 0. The number of nitrogens with zero attached hydrogens (tertiary/aromatic N) is 2. The second kappa shape index (κ2) is 15.8. The Hall–Kier alpha value is -8.72. The number of anilines is 6. The molecule has 0 aromatic heterocycles. The highest BCUT2D eigenvalue weighted by Gasteiger charge is 2.52. The summed E-state index contributed by atoms with van der Waals surface area (Å²) in [7, 11) is 0. The average molecular weight is 853 g/mol. The third-order valence-electron chi connectivity index (χ3n) is 14.0. The summed E-state index contributed by atoms with van der Waals surface area (Å²) < 4.78 is 0. The van der Waals surface area contributed by atoms with Crippen LogP contribution in [0, 0.1) is 0 Å². The third kappa shape index (κ3) is 6.04. The predicted molar refractivity (Wildman–Crippen MR) is 280 cm³/mol. The molecule has 1 spiro atoms. The summed E-state index contributed by atoms with van der Waals surface area (Å²) in [6.07, 6.45) is 0. The van der Waals surface area contributed by atoms with E-state index in [9.17, 15) is 0 Å². The first-order chi connectivity index (χ1) is 33.3. The fraction of sp³-hybridized carbons (Fsp3) is 0.0154. The Morgan fingerprint density at radius 3 is 1.54 bits per heavy atom. The van der Waals surface area contributed by atoms with E-state index in [4.69, 9.17) is 0 Å². The molecule has 1 unspecified atom stereocenters. The summed E-state index contributed by atoms with van der Waals surface area (Å²) in [6.45, 7) is 0. The largest absolute Gasteiger partial charge is 0.310 e. The molecule has 2 aliphatic rings. The van der Waals surface area contributed by atoms with Crippen molar-refractivity contribution in [3.63, 3.8) is 0 Å². The lowest BCUT2D eigenvalue weighted by molar-refractivity contribution is 0.793. The lowest BCUT2D eigenvalue weighted by atomic mass is 9.70. The van der Waals surface area contributed by atoms with Crippen molar-refractivity contribution in [1.29, 1.82) is 0 Å². The van der Waals surface area contributed by atoms with Crippen molar-refractivity contribution in [3.05, 3.63) is 289 Å². The van der Waals surface area contributed by atoms with Gasteiger partial charge in [0.2, 0.25) is 0 Å². The van der Waals surface area contributed by atoms with E-state index in [-0.39, 0.29) is 0 Å². The van der Waals surface area contributed by atoms with E-state index in [2.05, 4.69) is 277 Å². The molecule has 0 amide bonds. The van der Waals surface area contributed by atoms with Gasteiger partial charge in [0.1, 0.15) is 0 Å². The van der Waals surface area contributed by atoms with Crippen LogP contribution in [0.5, 0.6) is 0 Å². The van der Waals surface area contributed by atoms with Crippen molar-refractivity contribution < 1.29 is 0 Å². The van der Waals surface area contributed by atoms with Crippen molar-refractivity contribution >= 4 is 44.9 Å². The number of rotatable bonds is 8. The average Bonchev–Trinajstić information content (AvgIpc) is 3.87. The molecule has 0 heterocycles. The second-order valence-electron chi connectivity index (χ2n) is 17.6. The van der Waals surface area contributed by atoms with Crippen molar-refractivity contribution in [2.24, 2.45) is 0 Å². The minimum Gasteiger partial charge on any atom is -0.310 e. The molecule has 67 heavy (non-hydrogen) atoms. The highest BCUT2D eigenvalue weighted by molar-refractivity contribution is 6.03. The third-order valence-corrected chi connectivity index (χ3v) is 14.0. The molecule has 0 saturated heterocycles. The van der Waals surface area contributed by atoms with Crippen molar-refractivity contribution in [2.45, 2.75) is 5.41 Å². The molecule has 13 rings (SSSR count). The molecule has 2 nitrogen and oxygen atoms in total. The zero-order chi connectivity index (χ0) is 44.3. The Labute approximate surface area is 391 Å². The topological polar surface area (TPSA) is 6.48 Å². The van der Waals surface area contributed by atoms with Crippen LogP contribution in [-0.4, -0.2) is 0 Å². The number of hydrogen-bond acceptors (Lipinski definition) is 2. The summed E-state index contributed by atoms with van der Waals surface area (Å²) in [5.41, 5.74) is 21.1. The van der Waals surface area contributed by atoms with Gasteiger partial charge in [0.15, 0.2) is 0 Å². The molecule has 11 aromatic rings. The van der Waals surface area contributed by atoms with Crippen molar-refractivity contribution in [2.75, 3.05) is 9.80 Å². The summed E-state index contributed by atoms with van der Waals surface area (Å²) in [4.78, 5) is 4.91. The lowest BCUT2D eigenvalue weighted by Gasteiger charge is -2.33. The molecular weight excluding hydrogens is 809 g/mol.